The maximum Gasteiger partial charge on any atom is 0.326 e. The molecule has 172 valence electrons. The summed E-state index contributed by atoms with van der Waals surface area (Å²) in [4.78, 5) is 49.6. The fourth-order valence-electron chi connectivity index (χ4n) is 3.43. The van der Waals surface area contributed by atoms with Crippen molar-refractivity contribution in [2.24, 2.45) is 17.8 Å². The number of hydrogen-bond donors (Lipinski definition) is 5. The molecule has 30 heavy (non-hydrogen) atoms. The molecule has 9 heteroatoms. The molecule has 5 N–H and O–H groups in total. The smallest absolute Gasteiger partial charge is 0.326 e. The molecule has 1 fully saturated rings. The quantitative estimate of drug-likeness (QED) is 0.329. The van der Waals surface area contributed by atoms with Crippen LogP contribution in [0.25, 0.3) is 0 Å². The second kappa shape index (κ2) is 11.9. The van der Waals surface area contributed by atoms with E-state index in [-0.39, 0.29) is 29.7 Å². The van der Waals surface area contributed by atoms with Gasteiger partial charge >= 0.3 is 5.97 Å². The number of nitrogens with one attached hydrogen (secondary N) is 4. The summed E-state index contributed by atoms with van der Waals surface area (Å²) in [5.74, 6) is -2.69. The lowest BCUT2D eigenvalue weighted by molar-refractivity contribution is -0.143. The Balaban J connectivity index is 2.84. The van der Waals surface area contributed by atoms with Crippen LogP contribution in [0.15, 0.2) is 0 Å². The van der Waals surface area contributed by atoms with Gasteiger partial charge in [0.1, 0.15) is 18.1 Å². The minimum Gasteiger partial charge on any atom is -0.480 e. The second-order valence-corrected chi connectivity index (χ2v) is 9.14. The van der Waals surface area contributed by atoms with Gasteiger partial charge in [-0.1, -0.05) is 41.5 Å². The molecule has 0 saturated carbocycles. The van der Waals surface area contributed by atoms with Crippen molar-refractivity contribution in [1.29, 1.82) is 0 Å². The minimum atomic E-state index is -1.11. The van der Waals surface area contributed by atoms with Crippen LogP contribution in [0.3, 0.4) is 0 Å². The Morgan fingerprint density at radius 1 is 0.900 bits per heavy atom. The van der Waals surface area contributed by atoms with Crippen molar-refractivity contribution in [2.45, 2.75) is 85.0 Å². The number of hydrogen-bond acceptors (Lipinski definition) is 5. The third kappa shape index (κ3) is 7.93. The molecule has 0 radical (unpaired) electrons. The standard InChI is InChI=1S/C21H38N4O5/c1-11(2)10-15(21(29)30)23-19(27)16(12(3)4)25-20(28)17(13(5)6)24-18(26)14-8-7-9-22-14/h11-17,22H,7-10H2,1-6H3,(H,23,27)(H,24,26)(H,25,28)(H,29,30). The fraction of sp³-hybridized carbons (Fsp3) is 0.810. The van der Waals surface area contributed by atoms with E-state index >= 15 is 0 Å². The van der Waals surface area contributed by atoms with Crippen molar-refractivity contribution in [3.63, 3.8) is 0 Å². The molecule has 0 aromatic heterocycles. The number of aliphatic carboxylic acids is 1. The predicted molar refractivity (Wildman–Crippen MR) is 114 cm³/mol. The topological polar surface area (TPSA) is 137 Å². The lowest BCUT2D eigenvalue weighted by Crippen LogP contribution is -2.59. The van der Waals surface area contributed by atoms with Gasteiger partial charge in [0.2, 0.25) is 17.7 Å². The Hall–Kier alpha value is -2.16. The number of carbonyl (C=O) groups excluding carboxylic acids is 3. The average Bonchev–Trinajstić information content (AvgIpc) is 3.16. The highest BCUT2D eigenvalue weighted by molar-refractivity contribution is 5.94. The molecule has 0 aliphatic carbocycles. The molecule has 0 aromatic carbocycles. The van der Waals surface area contributed by atoms with E-state index in [0.29, 0.717) is 6.42 Å². The summed E-state index contributed by atoms with van der Waals surface area (Å²) >= 11 is 0. The second-order valence-electron chi connectivity index (χ2n) is 9.14. The molecule has 1 aliphatic heterocycles. The first-order valence-corrected chi connectivity index (χ1v) is 10.8. The Kier molecular flexibility index (Phi) is 10.2. The van der Waals surface area contributed by atoms with E-state index < -0.39 is 35.9 Å². The van der Waals surface area contributed by atoms with Gasteiger partial charge in [0.05, 0.1) is 6.04 Å². The molecule has 1 heterocycles. The Labute approximate surface area is 179 Å². The van der Waals surface area contributed by atoms with Crippen LogP contribution in [0, 0.1) is 17.8 Å². The van der Waals surface area contributed by atoms with Crippen molar-refractivity contribution >= 4 is 23.7 Å². The highest BCUT2D eigenvalue weighted by Crippen LogP contribution is 2.11. The normalized spacial score (nSPS) is 19.4. The van der Waals surface area contributed by atoms with Gasteiger partial charge < -0.3 is 26.4 Å². The fourth-order valence-corrected chi connectivity index (χ4v) is 3.43. The van der Waals surface area contributed by atoms with Gasteiger partial charge in [-0.2, -0.15) is 0 Å². The van der Waals surface area contributed by atoms with E-state index in [1.54, 1.807) is 13.8 Å². The number of carbonyl (C=O) groups is 4. The van der Waals surface area contributed by atoms with Crippen LogP contribution in [0.4, 0.5) is 0 Å². The van der Waals surface area contributed by atoms with E-state index in [1.165, 1.54) is 0 Å². The van der Waals surface area contributed by atoms with Crippen LogP contribution in [-0.2, 0) is 19.2 Å². The summed E-state index contributed by atoms with van der Waals surface area (Å²) in [6, 6.07) is -3.03. The Bertz CT molecular complexity index is 615. The number of carboxylic acids is 1. The minimum absolute atomic E-state index is 0.0863. The molecular formula is C21H38N4O5. The predicted octanol–water partition coefficient (Wildman–Crippen LogP) is 0.636. The van der Waals surface area contributed by atoms with Gasteiger partial charge in [-0.05, 0) is 43.6 Å². The van der Waals surface area contributed by atoms with Crippen LogP contribution in [0.2, 0.25) is 0 Å². The first-order valence-electron chi connectivity index (χ1n) is 10.8. The van der Waals surface area contributed by atoms with Crippen molar-refractivity contribution in [3.8, 4) is 0 Å². The maximum atomic E-state index is 12.9. The summed E-state index contributed by atoms with van der Waals surface area (Å²) in [6.07, 6.45) is 1.92. The monoisotopic (exact) mass is 426 g/mol. The summed E-state index contributed by atoms with van der Waals surface area (Å²) in [7, 11) is 0. The SMILES string of the molecule is CC(C)CC(NC(=O)C(NC(=O)C(NC(=O)C1CCCN1)C(C)C)C(C)C)C(=O)O. The first kappa shape index (κ1) is 25.9. The van der Waals surface area contributed by atoms with Crippen LogP contribution in [-0.4, -0.2) is 59.5 Å². The van der Waals surface area contributed by atoms with Crippen LogP contribution >= 0.6 is 0 Å². The molecule has 4 atom stereocenters. The van der Waals surface area contributed by atoms with Crippen molar-refractivity contribution in [2.75, 3.05) is 6.54 Å². The number of carboxylic acid groups (broad SMARTS) is 1. The molecule has 3 amide bonds. The van der Waals surface area contributed by atoms with Crippen LogP contribution in [0.5, 0.6) is 0 Å². The number of amides is 3. The lowest BCUT2D eigenvalue weighted by atomic mass is 9.98. The molecule has 4 unspecified atom stereocenters. The van der Waals surface area contributed by atoms with Gasteiger partial charge in [0, 0.05) is 0 Å². The lowest BCUT2D eigenvalue weighted by Gasteiger charge is -2.28. The summed E-state index contributed by atoms with van der Waals surface area (Å²) < 4.78 is 0. The zero-order valence-corrected chi connectivity index (χ0v) is 19.0. The largest absolute Gasteiger partial charge is 0.480 e. The third-order valence-corrected chi connectivity index (χ3v) is 5.19. The van der Waals surface area contributed by atoms with Gasteiger partial charge in [0.25, 0.3) is 0 Å². The summed E-state index contributed by atoms with van der Waals surface area (Å²) in [5, 5.41) is 20.5. The molecule has 1 rings (SSSR count). The van der Waals surface area contributed by atoms with Gasteiger partial charge in [-0.25, -0.2) is 4.79 Å². The first-order chi connectivity index (χ1) is 13.9. The van der Waals surface area contributed by atoms with Gasteiger partial charge in [-0.15, -0.1) is 0 Å². The van der Waals surface area contributed by atoms with Crippen LogP contribution in [0.1, 0.15) is 60.8 Å². The number of rotatable bonds is 11. The summed E-state index contributed by atoms with van der Waals surface area (Å²) in [6.45, 7) is 11.7. The Morgan fingerprint density at radius 3 is 1.87 bits per heavy atom. The van der Waals surface area contributed by atoms with E-state index in [2.05, 4.69) is 21.3 Å². The van der Waals surface area contributed by atoms with Crippen LogP contribution < -0.4 is 21.3 Å². The van der Waals surface area contributed by atoms with Gasteiger partial charge in [0.15, 0.2) is 0 Å². The van der Waals surface area contributed by atoms with E-state index in [4.69, 9.17) is 0 Å². The highest BCUT2D eigenvalue weighted by Gasteiger charge is 2.33. The average molecular weight is 427 g/mol. The molecule has 1 aliphatic rings. The highest BCUT2D eigenvalue weighted by atomic mass is 16.4. The Morgan fingerprint density at radius 2 is 1.43 bits per heavy atom. The van der Waals surface area contributed by atoms with Gasteiger partial charge in [-0.3, -0.25) is 14.4 Å². The third-order valence-electron chi connectivity index (χ3n) is 5.19. The van der Waals surface area contributed by atoms with E-state index in [0.717, 1.165) is 19.4 Å². The molecule has 0 bridgehead atoms. The zero-order valence-electron chi connectivity index (χ0n) is 19.0. The van der Waals surface area contributed by atoms with Crippen molar-refractivity contribution in [1.82, 2.24) is 21.3 Å². The zero-order chi connectivity index (χ0) is 23.0. The maximum absolute atomic E-state index is 12.9. The molecule has 0 aromatic rings. The van der Waals surface area contributed by atoms with Crippen molar-refractivity contribution in [3.05, 3.63) is 0 Å². The molecular weight excluding hydrogens is 388 g/mol. The van der Waals surface area contributed by atoms with E-state index in [9.17, 15) is 24.3 Å². The molecule has 1 saturated heterocycles. The molecule has 9 nitrogen and oxygen atoms in total. The molecule has 0 spiro atoms. The van der Waals surface area contributed by atoms with Crippen molar-refractivity contribution < 1.29 is 24.3 Å². The summed E-state index contributed by atoms with van der Waals surface area (Å²) in [5.41, 5.74) is 0. The van der Waals surface area contributed by atoms with E-state index in [1.807, 2.05) is 27.7 Å².